The second-order valence-corrected chi connectivity index (χ2v) is 5.69. The van der Waals surface area contributed by atoms with Crippen molar-refractivity contribution in [3.8, 4) is 0 Å². The van der Waals surface area contributed by atoms with Gasteiger partial charge in [0.05, 0.1) is 6.61 Å². The Balaban J connectivity index is 2.36. The van der Waals surface area contributed by atoms with Crippen LogP contribution in [0.4, 0.5) is 4.79 Å². The van der Waals surface area contributed by atoms with Gasteiger partial charge in [0, 0.05) is 19.1 Å². The summed E-state index contributed by atoms with van der Waals surface area (Å²) in [6.45, 7) is 7.59. The summed E-state index contributed by atoms with van der Waals surface area (Å²) < 4.78 is 0. The first-order valence-electron chi connectivity index (χ1n) is 6.65. The molecule has 1 rings (SSSR count). The Kier molecular flexibility index (Phi) is 5.25. The van der Waals surface area contributed by atoms with Gasteiger partial charge in [0.15, 0.2) is 0 Å². The maximum Gasteiger partial charge on any atom is 0.317 e. The lowest BCUT2D eigenvalue weighted by Crippen LogP contribution is -2.47. The summed E-state index contributed by atoms with van der Waals surface area (Å²) in [5, 5.41) is 11.9. The minimum Gasteiger partial charge on any atom is -0.395 e. The molecular formula is C13H26N2O2. The highest BCUT2D eigenvalue weighted by Gasteiger charge is 2.28. The highest BCUT2D eigenvalue weighted by atomic mass is 16.3. The quantitative estimate of drug-likeness (QED) is 0.792. The van der Waals surface area contributed by atoms with E-state index < -0.39 is 0 Å². The zero-order chi connectivity index (χ0) is 12.9. The molecule has 0 heterocycles. The van der Waals surface area contributed by atoms with Crippen molar-refractivity contribution in [1.29, 1.82) is 0 Å². The summed E-state index contributed by atoms with van der Waals surface area (Å²) in [5.74, 6) is 0. The molecule has 1 saturated carbocycles. The molecule has 2 N–H and O–H groups in total. The number of nitrogens with zero attached hydrogens (tertiary/aromatic N) is 1. The van der Waals surface area contributed by atoms with Crippen molar-refractivity contribution in [3.63, 3.8) is 0 Å². The largest absolute Gasteiger partial charge is 0.395 e. The van der Waals surface area contributed by atoms with Gasteiger partial charge in [-0.2, -0.15) is 0 Å². The van der Waals surface area contributed by atoms with Crippen LogP contribution in [0.5, 0.6) is 0 Å². The molecule has 0 aromatic heterocycles. The van der Waals surface area contributed by atoms with Gasteiger partial charge in [-0.05, 0) is 38.0 Å². The topological polar surface area (TPSA) is 52.6 Å². The first-order valence-corrected chi connectivity index (χ1v) is 6.65. The van der Waals surface area contributed by atoms with E-state index in [9.17, 15) is 4.79 Å². The van der Waals surface area contributed by atoms with Gasteiger partial charge in [-0.25, -0.2) is 4.79 Å². The van der Waals surface area contributed by atoms with E-state index in [0.29, 0.717) is 24.5 Å². The predicted molar refractivity (Wildman–Crippen MR) is 68.9 cm³/mol. The highest BCUT2D eigenvalue weighted by Crippen LogP contribution is 2.34. The van der Waals surface area contributed by atoms with Crippen molar-refractivity contribution in [3.05, 3.63) is 0 Å². The second kappa shape index (κ2) is 6.24. The van der Waals surface area contributed by atoms with Crippen molar-refractivity contribution in [2.75, 3.05) is 19.7 Å². The lowest BCUT2D eigenvalue weighted by Gasteiger charge is -2.35. The third kappa shape index (κ3) is 4.54. The molecule has 0 unspecified atom stereocenters. The van der Waals surface area contributed by atoms with Gasteiger partial charge in [-0.15, -0.1) is 0 Å². The Labute approximate surface area is 104 Å². The Morgan fingerprint density at radius 2 is 2.00 bits per heavy atom. The molecule has 0 bridgehead atoms. The molecule has 1 aliphatic carbocycles. The molecule has 100 valence electrons. The normalized spacial score (nSPS) is 20.0. The average molecular weight is 242 g/mol. The molecule has 0 aromatic carbocycles. The number of aliphatic hydroxyl groups excluding tert-OH is 1. The van der Waals surface area contributed by atoms with E-state index in [1.165, 1.54) is 12.8 Å². The molecule has 0 aromatic rings. The molecule has 4 nitrogen and oxygen atoms in total. The number of rotatable bonds is 4. The van der Waals surface area contributed by atoms with Gasteiger partial charge in [-0.3, -0.25) is 0 Å². The van der Waals surface area contributed by atoms with Gasteiger partial charge >= 0.3 is 6.03 Å². The molecule has 1 aliphatic rings. The number of likely N-dealkylation sites (N-methyl/N-ethyl adjacent to an activating group) is 1. The third-order valence-electron chi connectivity index (χ3n) is 3.71. The van der Waals surface area contributed by atoms with E-state index in [4.69, 9.17) is 5.11 Å². The Morgan fingerprint density at radius 3 is 2.47 bits per heavy atom. The molecule has 1 fully saturated rings. The smallest absolute Gasteiger partial charge is 0.317 e. The van der Waals surface area contributed by atoms with E-state index in [1.807, 2.05) is 6.92 Å². The fourth-order valence-electron chi connectivity index (χ4n) is 2.33. The highest BCUT2D eigenvalue weighted by molar-refractivity contribution is 5.74. The van der Waals surface area contributed by atoms with Crippen LogP contribution in [0.1, 0.15) is 46.5 Å². The van der Waals surface area contributed by atoms with Gasteiger partial charge in [0.2, 0.25) is 0 Å². The molecule has 0 saturated heterocycles. The minimum absolute atomic E-state index is 0.0267. The van der Waals surface area contributed by atoms with Crippen molar-refractivity contribution in [2.24, 2.45) is 5.41 Å². The number of nitrogens with one attached hydrogen (secondary N) is 1. The maximum atomic E-state index is 11.9. The van der Waals surface area contributed by atoms with E-state index >= 15 is 0 Å². The predicted octanol–water partition coefficient (Wildman–Crippen LogP) is 1.98. The molecular weight excluding hydrogens is 216 g/mol. The minimum atomic E-state index is -0.0359. The van der Waals surface area contributed by atoms with E-state index in [-0.39, 0.29) is 12.6 Å². The average Bonchev–Trinajstić information content (AvgIpc) is 2.28. The molecule has 4 heteroatoms. The Morgan fingerprint density at radius 1 is 1.41 bits per heavy atom. The van der Waals surface area contributed by atoms with Gasteiger partial charge in [0.1, 0.15) is 0 Å². The number of hydrogen-bond acceptors (Lipinski definition) is 2. The first-order chi connectivity index (χ1) is 7.98. The number of hydrogen-bond donors (Lipinski definition) is 2. The molecule has 0 spiro atoms. The number of urea groups is 1. The molecule has 2 amide bonds. The lowest BCUT2D eigenvalue weighted by molar-refractivity contribution is 0.163. The van der Waals surface area contributed by atoms with E-state index in [1.54, 1.807) is 4.90 Å². The SMILES string of the molecule is CCN(CCO)C(=O)NC1CCC(C)(C)CC1. The number of carbonyl (C=O) groups is 1. The van der Waals surface area contributed by atoms with Crippen molar-refractivity contribution >= 4 is 6.03 Å². The summed E-state index contributed by atoms with van der Waals surface area (Å²) in [6.07, 6.45) is 4.47. The van der Waals surface area contributed by atoms with Crippen LogP contribution in [0.15, 0.2) is 0 Å². The number of carbonyl (C=O) groups excluding carboxylic acids is 1. The van der Waals surface area contributed by atoms with Crippen LogP contribution in [0.3, 0.4) is 0 Å². The van der Waals surface area contributed by atoms with E-state index in [0.717, 1.165) is 12.8 Å². The van der Waals surface area contributed by atoms with Crippen LogP contribution >= 0.6 is 0 Å². The Bertz CT molecular complexity index is 244. The van der Waals surface area contributed by atoms with Crippen LogP contribution in [-0.4, -0.2) is 41.8 Å². The number of aliphatic hydroxyl groups is 1. The molecule has 0 aliphatic heterocycles. The third-order valence-corrected chi connectivity index (χ3v) is 3.71. The van der Waals surface area contributed by atoms with Gasteiger partial charge in [0.25, 0.3) is 0 Å². The molecule has 17 heavy (non-hydrogen) atoms. The summed E-state index contributed by atoms with van der Waals surface area (Å²) in [5.41, 5.74) is 0.427. The van der Waals surface area contributed by atoms with E-state index in [2.05, 4.69) is 19.2 Å². The van der Waals surface area contributed by atoms with Gasteiger partial charge < -0.3 is 15.3 Å². The Hall–Kier alpha value is -0.770. The monoisotopic (exact) mass is 242 g/mol. The van der Waals surface area contributed by atoms with Crippen molar-refractivity contribution < 1.29 is 9.90 Å². The van der Waals surface area contributed by atoms with Crippen LogP contribution in [-0.2, 0) is 0 Å². The lowest BCUT2D eigenvalue weighted by atomic mass is 9.75. The van der Waals surface area contributed by atoms with Crippen molar-refractivity contribution in [1.82, 2.24) is 10.2 Å². The fourth-order valence-corrected chi connectivity index (χ4v) is 2.33. The molecule has 0 atom stereocenters. The van der Waals surface area contributed by atoms with Gasteiger partial charge in [-0.1, -0.05) is 13.8 Å². The summed E-state index contributed by atoms with van der Waals surface area (Å²) in [7, 11) is 0. The van der Waals surface area contributed by atoms with Crippen LogP contribution in [0.2, 0.25) is 0 Å². The first kappa shape index (κ1) is 14.3. The summed E-state index contributed by atoms with van der Waals surface area (Å²) in [4.78, 5) is 13.6. The molecule has 0 radical (unpaired) electrons. The van der Waals surface area contributed by atoms with Crippen LogP contribution in [0.25, 0.3) is 0 Å². The summed E-state index contributed by atoms with van der Waals surface area (Å²) in [6, 6.07) is 0.273. The second-order valence-electron chi connectivity index (χ2n) is 5.69. The van der Waals surface area contributed by atoms with Crippen LogP contribution < -0.4 is 5.32 Å². The standard InChI is InChI=1S/C13H26N2O2/c1-4-15(9-10-16)12(17)14-11-5-7-13(2,3)8-6-11/h11,16H,4-10H2,1-3H3,(H,14,17). The van der Waals surface area contributed by atoms with Crippen molar-refractivity contribution in [2.45, 2.75) is 52.5 Å². The summed E-state index contributed by atoms with van der Waals surface area (Å²) >= 11 is 0. The zero-order valence-corrected chi connectivity index (χ0v) is 11.3. The number of amides is 2. The van der Waals surface area contributed by atoms with Crippen LogP contribution in [0, 0.1) is 5.41 Å². The fraction of sp³-hybridized carbons (Fsp3) is 0.923. The maximum absolute atomic E-state index is 11.9. The zero-order valence-electron chi connectivity index (χ0n) is 11.3.